The van der Waals surface area contributed by atoms with Gasteiger partial charge in [0.15, 0.2) is 0 Å². The van der Waals surface area contributed by atoms with Crippen molar-refractivity contribution in [3.05, 3.63) is 24.8 Å². The maximum Gasteiger partial charge on any atom is 0.330 e. The molecule has 2 N–H and O–H groups in total. The molecule has 2 aliphatic carbocycles. The molecule has 0 spiro atoms. The summed E-state index contributed by atoms with van der Waals surface area (Å²) in [5, 5.41) is 16.6. The molecule has 0 aliphatic heterocycles. The minimum Gasteiger partial charge on any atom is -0.463 e. The molecule has 1 fully saturated rings. The molecule has 6 heteroatoms. The topological polar surface area (TPSA) is 93.1 Å². The normalized spacial score (nSPS) is 25.0. The van der Waals surface area contributed by atoms with Crippen LogP contribution in [0.15, 0.2) is 24.8 Å². The van der Waals surface area contributed by atoms with E-state index in [1.54, 1.807) is 0 Å². The van der Waals surface area contributed by atoms with Gasteiger partial charge in [-0.2, -0.15) is 0 Å². The van der Waals surface area contributed by atoms with Gasteiger partial charge in [0.05, 0.1) is 19.1 Å². The second-order valence-corrected chi connectivity index (χ2v) is 4.87. The number of carbonyl (C=O) groups excluding carboxylic acids is 2. The molecule has 3 atom stereocenters. The van der Waals surface area contributed by atoms with Crippen molar-refractivity contribution in [2.24, 2.45) is 17.8 Å². The summed E-state index contributed by atoms with van der Waals surface area (Å²) in [6.45, 7) is 3.12. The average molecular weight is 298 g/mol. The van der Waals surface area contributed by atoms with Crippen LogP contribution in [0, 0.1) is 17.8 Å². The van der Waals surface area contributed by atoms with Gasteiger partial charge in [-0.25, -0.2) is 4.79 Å². The van der Waals surface area contributed by atoms with Crippen molar-refractivity contribution in [1.82, 2.24) is 0 Å². The molecule has 6 nitrogen and oxygen atoms in total. The Labute approximate surface area is 124 Å². The van der Waals surface area contributed by atoms with Crippen LogP contribution in [0.2, 0.25) is 0 Å². The third kappa shape index (κ3) is 5.69. The van der Waals surface area contributed by atoms with Crippen LogP contribution in [0.1, 0.15) is 12.8 Å². The Morgan fingerprint density at radius 2 is 1.81 bits per heavy atom. The summed E-state index contributed by atoms with van der Waals surface area (Å²) in [6.07, 6.45) is 7.42. The Hall–Kier alpha value is -1.66. The Kier molecular flexibility index (Phi) is 7.71. The fourth-order valence-electron chi connectivity index (χ4n) is 2.51. The van der Waals surface area contributed by atoms with E-state index in [2.05, 4.69) is 23.5 Å². The maximum absolute atomic E-state index is 11.4. The summed E-state index contributed by atoms with van der Waals surface area (Å²) < 4.78 is 9.24. The third-order valence-electron chi connectivity index (χ3n) is 3.42. The number of rotatable bonds is 6. The first-order valence-corrected chi connectivity index (χ1v) is 6.98. The molecule has 0 radical (unpaired) electrons. The Bertz CT molecular complexity index is 390. The van der Waals surface area contributed by atoms with Gasteiger partial charge in [-0.3, -0.25) is 4.79 Å². The molecular weight excluding hydrogens is 276 g/mol. The van der Waals surface area contributed by atoms with E-state index in [0.717, 1.165) is 18.9 Å². The highest BCUT2D eigenvalue weighted by atomic mass is 16.5. The maximum atomic E-state index is 11.4. The zero-order valence-corrected chi connectivity index (χ0v) is 11.9. The van der Waals surface area contributed by atoms with Crippen molar-refractivity contribution in [3.8, 4) is 0 Å². The largest absolute Gasteiger partial charge is 0.463 e. The van der Waals surface area contributed by atoms with Crippen molar-refractivity contribution >= 4 is 11.9 Å². The molecule has 3 unspecified atom stereocenters. The fourth-order valence-corrected chi connectivity index (χ4v) is 2.51. The van der Waals surface area contributed by atoms with Crippen molar-refractivity contribution in [2.75, 3.05) is 26.4 Å². The van der Waals surface area contributed by atoms with E-state index in [4.69, 9.17) is 14.9 Å². The van der Waals surface area contributed by atoms with Crippen molar-refractivity contribution in [2.45, 2.75) is 12.8 Å². The van der Waals surface area contributed by atoms with Crippen LogP contribution in [0.25, 0.3) is 0 Å². The van der Waals surface area contributed by atoms with E-state index in [9.17, 15) is 9.59 Å². The van der Waals surface area contributed by atoms with Gasteiger partial charge >= 0.3 is 11.9 Å². The van der Waals surface area contributed by atoms with E-state index in [1.807, 2.05) is 0 Å². The summed E-state index contributed by atoms with van der Waals surface area (Å²) in [4.78, 5) is 21.5. The molecule has 0 aromatic heterocycles. The van der Waals surface area contributed by atoms with Crippen LogP contribution in [0.5, 0.6) is 0 Å². The van der Waals surface area contributed by atoms with Crippen molar-refractivity contribution < 1.29 is 29.3 Å². The van der Waals surface area contributed by atoms with Gasteiger partial charge in [-0.15, -0.1) is 0 Å². The number of ether oxygens (including phenoxy) is 2. The number of allylic oxidation sites excluding steroid dienone is 2. The molecule has 1 saturated carbocycles. The summed E-state index contributed by atoms with van der Waals surface area (Å²) in [5.74, 6) is 0.416. The van der Waals surface area contributed by atoms with Crippen LogP contribution >= 0.6 is 0 Å². The minimum absolute atomic E-state index is 0.0465. The molecule has 0 saturated heterocycles. The number of aliphatic hydroxyl groups excluding tert-OH is 2. The van der Waals surface area contributed by atoms with Crippen molar-refractivity contribution in [3.63, 3.8) is 0 Å². The first kappa shape index (κ1) is 17.4. The molecular formula is C15H22O6. The highest BCUT2D eigenvalue weighted by Crippen LogP contribution is 2.43. The molecule has 0 heterocycles. The van der Waals surface area contributed by atoms with Gasteiger partial charge in [0.1, 0.15) is 13.2 Å². The standard InChI is InChI=1S/C10H14O3.C5H8O3/c11-3-4-13-10(12)9-6-7-1-2-8(9)5-7;1-2-5(7)8-4-3-6/h1-2,7-9,11H,3-6H2;2,6H,1,3-4H2. The monoisotopic (exact) mass is 298 g/mol. The molecule has 2 rings (SSSR count). The lowest BCUT2D eigenvalue weighted by Crippen LogP contribution is -2.22. The number of esters is 2. The number of aliphatic hydroxyl groups is 2. The van der Waals surface area contributed by atoms with Crippen LogP contribution in [0.3, 0.4) is 0 Å². The first-order chi connectivity index (χ1) is 10.1. The lowest BCUT2D eigenvalue weighted by atomic mass is 9.94. The summed E-state index contributed by atoms with van der Waals surface area (Å²) in [7, 11) is 0. The molecule has 0 amide bonds. The molecule has 0 aromatic carbocycles. The second-order valence-electron chi connectivity index (χ2n) is 4.87. The zero-order chi connectivity index (χ0) is 15.7. The van der Waals surface area contributed by atoms with E-state index >= 15 is 0 Å². The Morgan fingerprint density at radius 1 is 1.14 bits per heavy atom. The number of hydrogen-bond donors (Lipinski definition) is 2. The first-order valence-electron chi connectivity index (χ1n) is 6.98. The van der Waals surface area contributed by atoms with E-state index in [0.29, 0.717) is 11.8 Å². The highest BCUT2D eigenvalue weighted by Gasteiger charge is 2.40. The lowest BCUT2D eigenvalue weighted by molar-refractivity contribution is -0.150. The second kappa shape index (κ2) is 9.31. The summed E-state index contributed by atoms with van der Waals surface area (Å²) in [6, 6.07) is 0. The number of fused-ring (bicyclic) bond motifs is 2. The average Bonchev–Trinajstić information content (AvgIpc) is 3.13. The van der Waals surface area contributed by atoms with Crippen LogP contribution < -0.4 is 0 Å². The highest BCUT2D eigenvalue weighted by molar-refractivity contribution is 5.81. The predicted molar refractivity (Wildman–Crippen MR) is 75.1 cm³/mol. The quantitative estimate of drug-likeness (QED) is 0.420. The summed E-state index contributed by atoms with van der Waals surface area (Å²) >= 11 is 0. The Morgan fingerprint density at radius 3 is 2.29 bits per heavy atom. The lowest BCUT2D eigenvalue weighted by Gasteiger charge is -2.15. The van der Waals surface area contributed by atoms with Gasteiger partial charge < -0.3 is 19.7 Å². The van der Waals surface area contributed by atoms with Gasteiger partial charge in [0.25, 0.3) is 0 Å². The molecule has 118 valence electrons. The van der Waals surface area contributed by atoms with Gasteiger partial charge in [-0.05, 0) is 24.7 Å². The molecule has 2 bridgehead atoms. The summed E-state index contributed by atoms with van der Waals surface area (Å²) in [5.41, 5.74) is 0. The van der Waals surface area contributed by atoms with Gasteiger partial charge in [0.2, 0.25) is 0 Å². The molecule has 2 aliphatic rings. The van der Waals surface area contributed by atoms with E-state index < -0.39 is 5.97 Å². The van der Waals surface area contributed by atoms with Gasteiger partial charge in [0, 0.05) is 6.08 Å². The van der Waals surface area contributed by atoms with Crippen molar-refractivity contribution in [1.29, 1.82) is 0 Å². The molecule has 21 heavy (non-hydrogen) atoms. The van der Waals surface area contributed by atoms with Crippen LogP contribution in [-0.4, -0.2) is 48.6 Å². The Balaban J connectivity index is 0.000000240. The smallest absolute Gasteiger partial charge is 0.330 e. The zero-order valence-electron chi connectivity index (χ0n) is 11.9. The van der Waals surface area contributed by atoms with E-state index in [1.165, 1.54) is 0 Å². The van der Waals surface area contributed by atoms with Crippen LogP contribution in [0.4, 0.5) is 0 Å². The van der Waals surface area contributed by atoms with E-state index in [-0.39, 0.29) is 38.3 Å². The molecule has 0 aromatic rings. The fraction of sp³-hybridized carbons (Fsp3) is 0.600. The SMILES string of the molecule is C=CC(=O)OCCO.O=C(OCCO)C1CC2C=CC1C2. The predicted octanol–water partition coefficient (Wildman–Crippen LogP) is 0.442. The van der Waals surface area contributed by atoms with Gasteiger partial charge in [-0.1, -0.05) is 18.7 Å². The minimum atomic E-state index is -0.501. The van der Waals surface area contributed by atoms with Crippen LogP contribution in [-0.2, 0) is 19.1 Å². The third-order valence-corrected chi connectivity index (χ3v) is 3.42. The number of hydrogen-bond acceptors (Lipinski definition) is 6. The number of carbonyl (C=O) groups is 2.